The largest absolute Gasteiger partial charge is 0.350 e. The van der Waals surface area contributed by atoms with Gasteiger partial charge < -0.3 is 5.32 Å². The van der Waals surface area contributed by atoms with E-state index in [1.165, 1.54) is 6.42 Å². The number of hydrogen-bond acceptors (Lipinski definition) is 3. The summed E-state index contributed by atoms with van der Waals surface area (Å²) in [7, 11) is 0. The van der Waals surface area contributed by atoms with Gasteiger partial charge in [0.2, 0.25) is 0 Å². The quantitative estimate of drug-likeness (QED) is 0.786. The first-order chi connectivity index (χ1) is 7.84. The highest BCUT2D eigenvalue weighted by atomic mass is 16.2. The molecule has 2 aromatic rings. The van der Waals surface area contributed by atoms with Gasteiger partial charge in [-0.1, -0.05) is 6.07 Å². The van der Waals surface area contributed by atoms with Crippen molar-refractivity contribution in [2.24, 2.45) is 0 Å². The molecule has 1 N–H and O–H groups in total. The number of fused-ring (bicyclic) bond motifs is 1. The van der Waals surface area contributed by atoms with E-state index >= 15 is 0 Å². The zero-order chi connectivity index (χ0) is 11.0. The maximum absolute atomic E-state index is 12.0. The average molecular weight is 218 g/mol. The molecule has 1 aliphatic rings. The number of hydrogen-bond donors (Lipinski definition) is 1. The second kappa shape index (κ2) is 3.75. The Bertz CT molecular complexity index is 550. The second-order valence-corrected chi connectivity index (χ2v) is 4.19. The van der Waals surface area contributed by atoms with Crippen LogP contribution in [-0.4, -0.2) is 26.8 Å². The summed E-state index contributed by atoms with van der Waals surface area (Å²) < 4.78 is 3.13. The molecule has 0 unspecified atom stereocenters. The summed E-state index contributed by atoms with van der Waals surface area (Å²) in [4.78, 5) is 12.0. The third kappa shape index (κ3) is 1.53. The van der Waals surface area contributed by atoms with Crippen LogP contribution < -0.4 is 11.0 Å². The minimum Gasteiger partial charge on any atom is -0.312 e. The lowest BCUT2D eigenvalue weighted by Gasteiger charge is -2.07. The van der Waals surface area contributed by atoms with Crippen molar-refractivity contribution in [2.75, 3.05) is 6.54 Å². The Morgan fingerprint density at radius 3 is 3.19 bits per heavy atom. The summed E-state index contributed by atoms with van der Waals surface area (Å²) in [6.45, 7) is 1.72. The summed E-state index contributed by atoms with van der Waals surface area (Å²) in [6, 6.07) is 5.97. The molecule has 1 atom stereocenters. The van der Waals surface area contributed by atoms with E-state index in [4.69, 9.17) is 0 Å². The molecule has 0 amide bonds. The Morgan fingerprint density at radius 2 is 2.44 bits per heavy atom. The number of nitrogens with zero attached hydrogens (tertiary/aromatic N) is 3. The lowest BCUT2D eigenvalue weighted by Crippen LogP contribution is -2.32. The van der Waals surface area contributed by atoms with Gasteiger partial charge in [-0.25, -0.2) is 9.48 Å². The molecular weight excluding hydrogens is 204 g/mol. The third-order valence-electron chi connectivity index (χ3n) is 3.04. The molecule has 1 aliphatic heterocycles. The van der Waals surface area contributed by atoms with E-state index < -0.39 is 0 Å². The normalized spacial score (nSPS) is 20.6. The topological polar surface area (TPSA) is 51.3 Å². The van der Waals surface area contributed by atoms with Gasteiger partial charge >= 0.3 is 5.69 Å². The fourth-order valence-corrected chi connectivity index (χ4v) is 2.21. The predicted molar refractivity (Wildman–Crippen MR) is 60.5 cm³/mol. The smallest absolute Gasteiger partial charge is 0.312 e. The average Bonchev–Trinajstić information content (AvgIpc) is 2.90. The first kappa shape index (κ1) is 9.59. The van der Waals surface area contributed by atoms with E-state index in [2.05, 4.69) is 10.4 Å². The van der Waals surface area contributed by atoms with Gasteiger partial charge in [0.25, 0.3) is 0 Å². The Hall–Kier alpha value is -1.62. The molecule has 3 heterocycles. The van der Waals surface area contributed by atoms with E-state index in [-0.39, 0.29) is 5.69 Å². The van der Waals surface area contributed by atoms with Crippen molar-refractivity contribution < 1.29 is 0 Å². The molecule has 84 valence electrons. The second-order valence-electron chi connectivity index (χ2n) is 4.19. The van der Waals surface area contributed by atoms with Crippen molar-refractivity contribution in [1.82, 2.24) is 19.5 Å². The van der Waals surface area contributed by atoms with Crippen LogP contribution in [-0.2, 0) is 6.54 Å². The predicted octanol–water partition coefficient (Wildman–Crippen LogP) is 0.248. The fourth-order valence-electron chi connectivity index (χ4n) is 2.21. The monoisotopic (exact) mass is 218 g/mol. The van der Waals surface area contributed by atoms with Crippen LogP contribution in [0, 0.1) is 0 Å². The van der Waals surface area contributed by atoms with Gasteiger partial charge in [0.1, 0.15) is 0 Å². The minimum atomic E-state index is -0.0516. The molecule has 0 saturated carbocycles. The van der Waals surface area contributed by atoms with Crippen molar-refractivity contribution in [3.63, 3.8) is 0 Å². The molecule has 0 bridgehead atoms. The Morgan fingerprint density at radius 1 is 1.50 bits per heavy atom. The Kier molecular flexibility index (Phi) is 2.25. The SMILES string of the molecule is O=c1n(C[C@H]2CCCN2)nc2ccccn12. The maximum atomic E-state index is 12.0. The molecule has 0 spiro atoms. The first-order valence-corrected chi connectivity index (χ1v) is 5.62. The summed E-state index contributed by atoms with van der Waals surface area (Å²) in [5, 5.41) is 7.67. The zero-order valence-electron chi connectivity index (χ0n) is 8.97. The van der Waals surface area contributed by atoms with Crippen LogP contribution in [0.1, 0.15) is 12.8 Å². The summed E-state index contributed by atoms with van der Waals surface area (Å²) in [6.07, 6.45) is 4.07. The highest BCUT2D eigenvalue weighted by Crippen LogP contribution is 2.06. The molecule has 0 aromatic carbocycles. The number of nitrogens with one attached hydrogen (secondary N) is 1. The summed E-state index contributed by atoms with van der Waals surface area (Å²) in [5.74, 6) is 0. The highest BCUT2D eigenvalue weighted by Gasteiger charge is 2.16. The Balaban J connectivity index is 1.97. The standard InChI is InChI=1S/C11H14N4O/c16-11-14-7-2-1-5-10(14)13-15(11)8-9-4-3-6-12-9/h1-2,5,7,9,12H,3-4,6,8H2/t9-/m1/s1. The van der Waals surface area contributed by atoms with Gasteiger partial charge in [0, 0.05) is 12.2 Å². The summed E-state index contributed by atoms with van der Waals surface area (Å²) >= 11 is 0. The lowest BCUT2D eigenvalue weighted by atomic mass is 10.2. The van der Waals surface area contributed by atoms with Crippen molar-refractivity contribution in [2.45, 2.75) is 25.4 Å². The van der Waals surface area contributed by atoms with Crippen LogP contribution >= 0.6 is 0 Å². The number of aromatic nitrogens is 3. The van der Waals surface area contributed by atoms with Gasteiger partial charge in [-0.2, -0.15) is 0 Å². The number of rotatable bonds is 2. The Labute approximate surface area is 92.7 Å². The summed E-state index contributed by atoms with van der Waals surface area (Å²) in [5.41, 5.74) is 0.662. The molecule has 16 heavy (non-hydrogen) atoms. The van der Waals surface area contributed by atoms with Gasteiger partial charge in [0.15, 0.2) is 5.65 Å². The molecule has 5 heteroatoms. The van der Waals surface area contributed by atoms with Crippen LogP contribution in [0.3, 0.4) is 0 Å². The fraction of sp³-hybridized carbons (Fsp3) is 0.455. The van der Waals surface area contributed by atoms with Crippen molar-refractivity contribution in [3.8, 4) is 0 Å². The van der Waals surface area contributed by atoms with Crippen LogP contribution in [0.4, 0.5) is 0 Å². The van der Waals surface area contributed by atoms with Crippen molar-refractivity contribution >= 4 is 5.65 Å². The maximum Gasteiger partial charge on any atom is 0.350 e. The van der Waals surface area contributed by atoms with Crippen LogP contribution in [0.15, 0.2) is 29.2 Å². The van der Waals surface area contributed by atoms with E-state index in [0.29, 0.717) is 18.2 Å². The first-order valence-electron chi connectivity index (χ1n) is 5.62. The molecule has 5 nitrogen and oxygen atoms in total. The molecule has 1 fully saturated rings. The van der Waals surface area contributed by atoms with Gasteiger partial charge in [-0.05, 0) is 31.5 Å². The molecule has 2 aromatic heterocycles. The van der Waals surface area contributed by atoms with Crippen LogP contribution in [0.2, 0.25) is 0 Å². The molecule has 0 radical (unpaired) electrons. The van der Waals surface area contributed by atoms with Gasteiger partial charge in [0.05, 0.1) is 6.54 Å². The highest BCUT2D eigenvalue weighted by molar-refractivity contribution is 5.35. The van der Waals surface area contributed by atoms with Crippen molar-refractivity contribution in [1.29, 1.82) is 0 Å². The van der Waals surface area contributed by atoms with Crippen molar-refractivity contribution in [3.05, 3.63) is 34.9 Å². The van der Waals surface area contributed by atoms with Crippen LogP contribution in [0.5, 0.6) is 0 Å². The van der Waals surface area contributed by atoms with Gasteiger partial charge in [-0.15, -0.1) is 5.10 Å². The molecule has 3 rings (SSSR count). The van der Waals surface area contributed by atoms with E-state index in [0.717, 1.165) is 13.0 Å². The third-order valence-corrected chi connectivity index (χ3v) is 3.04. The van der Waals surface area contributed by atoms with E-state index in [1.54, 1.807) is 15.3 Å². The van der Waals surface area contributed by atoms with Crippen LogP contribution in [0.25, 0.3) is 5.65 Å². The van der Waals surface area contributed by atoms with E-state index in [1.807, 2.05) is 18.2 Å². The number of pyridine rings is 1. The zero-order valence-corrected chi connectivity index (χ0v) is 8.97. The van der Waals surface area contributed by atoms with Gasteiger partial charge in [-0.3, -0.25) is 4.40 Å². The van der Waals surface area contributed by atoms with E-state index in [9.17, 15) is 4.79 Å². The minimum absolute atomic E-state index is 0.0516. The molecular formula is C11H14N4O. The lowest BCUT2D eigenvalue weighted by molar-refractivity contribution is 0.466. The molecule has 1 saturated heterocycles. The molecule has 0 aliphatic carbocycles.